The average molecular weight is 654 g/mol. The van der Waals surface area contributed by atoms with Gasteiger partial charge in [-0.15, -0.1) is 0 Å². The Labute approximate surface area is 294 Å². The van der Waals surface area contributed by atoms with Crippen molar-refractivity contribution < 1.29 is 9.47 Å². The number of para-hydroxylation sites is 3. The van der Waals surface area contributed by atoms with Crippen molar-refractivity contribution in [2.24, 2.45) is 0 Å². The van der Waals surface area contributed by atoms with Crippen LogP contribution in [0, 0.1) is 25.2 Å². The van der Waals surface area contributed by atoms with Gasteiger partial charge < -0.3 is 18.6 Å². The summed E-state index contributed by atoms with van der Waals surface area (Å²) in [7, 11) is 0. The van der Waals surface area contributed by atoms with E-state index in [2.05, 4.69) is 144 Å². The van der Waals surface area contributed by atoms with E-state index in [-0.39, 0.29) is 6.71 Å². The van der Waals surface area contributed by atoms with Crippen LogP contribution in [0.15, 0.2) is 133 Å². The number of nitrogens with zero attached hydrogens (tertiary/aromatic N) is 3. The second kappa shape index (κ2) is 10.2. The van der Waals surface area contributed by atoms with Crippen LogP contribution in [-0.2, 0) is 0 Å². The zero-order valence-corrected chi connectivity index (χ0v) is 27.9. The van der Waals surface area contributed by atoms with E-state index in [1.54, 1.807) is 0 Å². The first-order valence-corrected chi connectivity index (χ1v) is 17.3. The summed E-state index contributed by atoms with van der Waals surface area (Å²) in [4.78, 5) is 0. The van der Waals surface area contributed by atoms with Crippen LogP contribution in [0.25, 0.3) is 55.0 Å². The van der Waals surface area contributed by atoms with Gasteiger partial charge in [0.05, 0.1) is 27.8 Å². The molecule has 0 N–H and O–H groups in total. The van der Waals surface area contributed by atoms with Gasteiger partial charge in [-0.05, 0) is 84.4 Å². The van der Waals surface area contributed by atoms with E-state index >= 15 is 0 Å². The second-order valence-electron chi connectivity index (χ2n) is 13.7. The molecule has 7 aromatic carbocycles. The summed E-state index contributed by atoms with van der Waals surface area (Å²) in [5, 5.41) is 16.0. The SMILES string of the molecule is Cc1ccc2c(c1)Oc1cccc3c1B2c1cc(-n2c4ccccc4c4ccc(C)cc42)c(C#N)c(-n2c4ccccc4c4ccccc42)c1O3. The van der Waals surface area contributed by atoms with Gasteiger partial charge in [-0.2, -0.15) is 5.26 Å². The van der Waals surface area contributed by atoms with Crippen LogP contribution in [0.2, 0.25) is 0 Å². The van der Waals surface area contributed by atoms with Gasteiger partial charge in [0.2, 0.25) is 0 Å². The molecule has 5 nitrogen and oxygen atoms in total. The molecule has 2 aliphatic heterocycles. The van der Waals surface area contributed by atoms with Crippen LogP contribution in [0.5, 0.6) is 23.0 Å². The largest absolute Gasteiger partial charge is 0.458 e. The molecule has 0 aliphatic carbocycles. The van der Waals surface area contributed by atoms with Crippen LogP contribution in [-0.4, -0.2) is 15.8 Å². The lowest BCUT2D eigenvalue weighted by Crippen LogP contribution is -2.57. The molecule has 0 spiro atoms. The molecule has 238 valence electrons. The fraction of sp³-hybridized carbons (Fsp3) is 0.0444. The zero-order chi connectivity index (χ0) is 34.0. The van der Waals surface area contributed by atoms with Crippen molar-refractivity contribution >= 4 is 66.7 Å². The van der Waals surface area contributed by atoms with Crippen LogP contribution in [0.3, 0.4) is 0 Å². The highest BCUT2D eigenvalue weighted by atomic mass is 16.5. The van der Waals surface area contributed by atoms with Gasteiger partial charge in [0.1, 0.15) is 40.3 Å². The van der Waals surface area contributed by atoms with Crippen LogP contribution in [0.4, 0.5) is 0 Å². The van der Waals surface area contributed by atoms with Gasteiger partial charge in [0.15, 0.2) is 0 Å². The smallest absolute Gasteiger partial charge is 0.260 e. The summed E-state index contributed by atoms with van der Waals surface area (Å²) in [6.45, 7) is 4.03. The normalized spacial score (nSPS) is 12.8. The highest BCUT2D eigenvalue weighted by molar-refractivity contribution is 6.98. The molecular formula is C45H28BN3O2. The molecule has 0 unspecified atom stereocenters. The monoisotopic (exact) mass is 653 g/mol. The lowest BCUT2D eigenvalue weighted by Gasteiger charge is -2.35. The van der Waals surface area contributed by atoms with E-state index in [1.807, 2.05) is 18.2 Å². The minimum absolute atomic E-state index is 0.183. The van der Waals surface area contributed by atoms with Gasteiger partial charge in [-0.1, -0.05) is 84.9 Å². The van der Waals surface area contributed by atoms with E-state index < -0.39 is 0 Å². The average Bonchev–Trinajstić information content (AvgIpc) is 3.66. The molecular weight excluding hydrogens is 625 g/mol. The van der Waals surface area contributed by atoms with Gasteiger partial charge in [0.25, 0.3) is 6.71 Å². The van der Waals surface area contributed by atoms with Crippen molar-refractivity contribution in [1.29, 1.82) is 5.26 Å². The summed E-state index contributed by atoms with van der Waals surface area (Å²) in [6, 6.07) is 49.4. The van der Waals surface area contributed by atoms with Crippen molar-refractivity contribution in [1.82, 2.24) is 9.13 Å². The molecule has 11 rings (SSSR count). The van der Waals surface area contributed by atoms with Gasteiger partial charge in [0, 0.05) is 27.0 Å². The van der Waals surface area contributed by atoms with E-state index in [0.29, 0.717) is 11.3 Å². The number of aromatic nitrogens is 2. The van der Waals surface area contributed by atoms with Gasteiger partial charge in [-0.3, -0.25) is 0 Å². The summed E-state index contributed by atoms with van der Waals surface area (Å²) in [6.07, 6.45) is 0. The van der Waals surface area contributed by atoms with E-state index in [4.69, 9.17) is 9.47 Å². The summed E-state index contributed by atoms with van der Waals surface area (Å²) in [5.74, 6) is 3.05. The molecule has 0 bridgehead atoms. The third kappa shape index (κ3) is 3.75. The Morgan fingerprint density at radius 2 is 1.12 bits per heavy atom. The third-order valence-electron chi connectivity index (χ3n) is 10.8. The predicted octanol–water partition coefficient (Wildman–Crippen LogP) is 9.10. The van der Waals surface area contributed by atoms with Crippen LogP contribution >= 0.6 is 0 Å². The molecule has 0 fully saturated rings. The minimum atomic E-state index is -0.183. The molecule has 0 atom stereocenters. The second-order valence-corrected chi connectivity index (χ2v) is 13.7. The van der Waals surface area contributed by atoms with Crippen LogP contribution in [0.1, 0.15) is 16.7 Å². The number of aryl methyl sites for hydroxylation is 2. The summed E-state index contributed by atoms with van der Waals surface area (Å²) in [5.41, 5.74) is 11.6. The Balaban J connectivity index is 1.36. The first-order chi connectivity index (χ1) is 25.1. The molecule has 0 saturated heterocycles. The topological polar surface area (TPSA) is 52.1 Å². The molecule has 0 saturated carbocycles. The molecule has 2 aliphatic rings. The fourth-order valence-corrected chi connectivity index (χ4v) is 8.64. The van der Waals surface area contributed by atoms with E-state index in [0.717, 1.165) is 99.8 Å². The third-order valence-corrected chi connectivity index (χ3v) is 10.8. The lowest BCUT2D eigenvalue weighted by atomic mass is 9.34. The summed E-state index contributed by atoms with van der Waals surface area (Å²) < 4.78 is 18.2. The molecule has 0 amide bonds. The van der Waals surface area contributed by atoms with E-state index in [9.17, 15) is 5.26 Å². The lowest BCUT2D eigenvalue weighted by molar-refractivity contribution is 0.463. The zero-order valence-electron chi connectivity index (χ0n) is 27.9. The number of nitriles is 1. The van der Waals surface area contributed by atoms with E-state index in [1.165, 1.54) is 0 Å². The Morgan fingerprint density at radius 3 is 1.80 bits per heavy atom. The van der Waals surface area contributed by atoms with Crippen LogP contribution < -0.4 is 25.9 Å². The maximum Gasteiger partial charge on any atom is 0.260 e. The van der Waals surface area contributed by atoms with Crippen molar-refractivity contribution in [3.8, 4) is 40.4 Å². The van der Waals surface area contributed by atoms with Gasteiger partial charge in [-0.25, -0.2) is 0 Å². The maximum atomic E-state index is 11.5. The number of rotatable bonds is 2. The molecule has 51 heavy (non-hydrogen) atoms. The first kappa shape index (κ1) is 28.2. The number of hydrogen-bond donors (Lipinski definition) is 0. The summed E-state index contributed by atoms with van der Waals surface area (Å²) >= 11 is 0. The van der Waals surface area contributed by atoms with Crippen molar-refractivity contribution in [3.63, 3.8) is 0 Å². The Hall–Kier alpha value is -6.71. The first-order valence-electron chi connectivity index (χ1n) is 17.3. The molecule has 6 heteroatoms. The van der Waals surface area contributed by atoms with Crippen molar-refractivity contribution in [3.05, 3.63) is 150 Å². The predicted molar refractivity (Wildman–Crippen MR) is 207 cm³/mol. The minimum Gasteiger partial charge on any atom is -0.458 e. The molecule has 4 heterocycles. The number of benzene rings is 7. The number of hydrogen-bond acceptors (Lipinski definition) is 3. The standard InChI is InChI=1S/C45H28BN3O2/c1-26-18-20-31-30-12-3-6-13-35(30)48(38(31)22-26)39-24-34-45(51-41-17-9-16-40-43(41)46(34)33-21-19-27(2)23-42(33)50-40)44(32(39)25-47)49-36-14-7-4-10-28(36)29-11-5-8-15-37(29)49/h3-24H,1-2H3. The molecule has 2 aromatic heterocycles. The van der Waals surface area contributed by atoms with Crippen molar-refractivity contribution in [2.75, 3.05) is 0 Å². The number of ether oxygens (including phenoxy) is 2. The highest BCUT2D eigenvalue weighted by Gasteiger charge is 2.43. The Morgan fingerprint density at radius 1 is 0.529 bits per heavy atom. The maximum absolute atomic E-state index is 11.5. The Kier molecular flexibility index (Phi) is 5.61. The molecule has 9 aromatic rings. The fourth-order valence-electron chi connectivity index (χ4n) is 8.64. The number of fused-ring (bicyclic) bond motifs is 10. The highest BCUT2D eigenvalue weighted by Crippen LogP contribution is 2.44. The molecule has 0 radical (unpaired) electrons. The quantitative estimate of drug-likeness (QED) is 0.175. The van der Waals surface area contributed by atoms with Crippen molar-refractivity contribution in [2.45, 2.75) is 13.8 Å². The Bertz CT molecular complexity index is 2980. The van der Waals surface area contributed by atoms with Gasteiger partial charge >= 0.3 is 0 Å².